The quantitative estimate of drug-likeness (QED) is 0.765. The molecule has 138 valence electrons. The third-order valence-electron chi connectivity index (χ3n) is 4.77. The number of nitrogens with one attached hydrogen (secondary N) is 2. The lowest BCUT2D eigenvalue weighted by Gasteiger charge is -2.19. The normalized spacial score (nSPS) is 15.5. The Morgan fingerprint density at radius 1 is 1.08 bits per heavy atom. The molecule has 2 N–H and O–H groups in total. The zero-order valence-corrected chi connectivity index (χ0v) is 14.9. The van der Waals surface area contributed by atoms with Crippen LogP contribution in [0.3, 0.4) is 0 Å². The van der Waals surface area contributed by atoms with Crippen molar-refractivity contribution in [2.45, 2.75) is 57.2 Å². The van der Waals surface area contributed by atoms with E-state index in [2.05, 4.69) is 15.7 Å². The molecule has 1 heterocycles. The van der Waals surface area contributed by atoms with Gasteiger partial charge in [-0.25, -0.2) is 0 Å². The SMILES string of the molecule is O=C(CCC(=O)N[C@@H](Cn1cccn1)c1ccccc1)NC1CCCC1. The number of amides is 2. The van der Waals surface area contributed by atoms with Crippen LogP contribution in [0, 0.1) is 0 Å². The highest BCUT2D eigenvalue weighted by Crippen LogP contribution is 2.18. The lowest BCUT2D eigenvalue weighted by Crippen LogP contribution is -2.35. The van der Waals surface area contributed by atoms with Crippen molar-refractivity contribution >= 4 is 11.8 Å². The van der Waals surface area contributed by atoms with E-state index in [0.717, 1.165) is 18.4 Å². The highest BCUT2D eigenvalue weighted by molar-refractivity contribution is 5.84. The molecule has 1 aliphatic carbocycles. The van der Waals surface area contributed by atoms with Crippen LogP contribution in [0.4, 0.5) is 0 Å². The Morgan fingerprint density at radius 3 is 2.50 bits per heavy atom. The second-order valence-corrected chi connectivity index (χ2v) is 6.81. The summed E-state index contributed by atoms with van der Waals surface area (Å²) in [4.78, 5) is 24.4. The maximum Gasteiger partial charge on any atom is 0.221 e. The molecule has 2 amide bonds. The lowest BCUT2D eigenvalue weighted by molar-refractivity contribution is -0.127. The summed E-state index contributed by atoms with van der Waals surface area (Å²) < 4.78 is 1.80. The number of carbonyl (C=O) groups is 2. The van der Waals surface area contributed by atoms with Crippen LogP contribution in [-0.4, -0.2) is 27.6 Å². The first-order chi connectivity index (χ1) is 12.7. The third kappa shape index (κ3) is 5.44. The molecule has 1 aromatic carbocycles. The van der Waals surface area contributed by atoms with Crippen molar-refractivity contribution in [1.82, 2.24) is 20.4 Å². The topological polar surface area (TPSA) is 76.0 Å². The van der Waals surface area contributed by atoms with E-state index in [0.29, 0.717) is 12.6 Å². The maximum atomic E-state index is 12.4. The zero-order chi connectivity index (χ0) is 18.2. The van der Waals surface area contributed by atoms with Gasteiger partial charge in [-0.2, -0.15) is 5.10 Å². The smallest absolute Gasteiger partial charge is 0.221 e. The van der Waals surface area contributed by atoms with E-state index in [4.69, 9.17) is 0 Å². The molecule has 1 aliphatic rings. The van der Waals surface area contributed by atoms with E-state index in [1.807, 2.05) is 42.6 Å². The second-order valence-electron chi connectivity index (χ2n) is 6.81. The van der Waals surface area contributed by atoms with Gasteiger partial charge in [0.1, 0.15) is 0 Å². The van der Waals surface area contributed by atoms with E-state index in [-0.39, 0.29) is 30.7 Å². The van der Waals surface area contributed by atoms with Crippen LogP contribution in [0.1, 0.15) is 50.1 Å². The lowest BCUT2D eigenvalue weighted by atomic mass is 10.1. The number of nitrogens with zero attached hydrogens (tertiary/aromatic N) is 2. The van der Waals surface area contributed by atoms with Gasteiger partial charge in [-0.3, -0.25) is 14.3 Å². The summed E-state index contributed by atoms with van der Waals surface area (Å²) in [5, 5.41) is 10.3. The molecule has 0 unspecified atom stereocenters. The van der Waals surface area contributed by atoms with Crippen LogP contribution < -0.4 is 10.6 Å². The standard InChI is InChI=1S/C20H26N4O2/c25-19(22-17-9-4-5-10-17)11-12-20(26)23-18(15-24-14-6-13-21-24)16-7-2-1-3-8-16/h1-3,6-8,13-14,17-18H,4-5,9-12,15H2,(H,22,25)(H,23,26)/t18-/m0/s1. The van der Waals surface area contributed by atoms with Crippen LogP contribution in [0.2, 0.25) is 0 Å². The fraction of sp³-hybridized carbons (Fsp3) is 0.450. The van der Waals surface area contributed by atoms with E-state index in [1.165, 1.54) is 12.8 Å². The average molecular weight is 354 g/mol. The fourth-order valence-corrected chi connectivity index (χ4v) is 3.38. The van der Waals surface area contributed by atoms with Gasteiger partial charge < -0.3 is 10.6 Å². The van der Waals surface area contributed by atoms with E-state index >= 15 is 0 Å². The molecule has 0 aliphatic heterocycles. The van der Waals surface area contributed by atoms with Crippen molar-refractivity contribution in [1.29, 1.82) is 0 Å². The van der Waals surface area contributed by atoms with E-state index < -0.39 is 0 Å². The van der Waals surface area contributed by atoms with E-state index in [9.17, 15) is 9.59 Å². The van der Waals surface area contributed by atoms with Gasteiger partial charge >= 0.3 is 0 Å². The van der Waals surface area contributed by atoms with Crippen LogP contribution in [0.5, 0.6) is 0 Å². The van der Waals surface area contributed by atoms with Gasteiger partial charge in [-0.15, -0.1) is 0 Å². The molecule has 6 heteroatoms. The van der Waals surface area contributed by atoms with Gasteiger partial charge in [0, 0.05) is 31.3 Å². The van der Waals surface area contributed by atoms with Crippen molar-refractivity contribution in [3.63, 3.8) is 0 Å². The summed E-state index contributed by atoms with van der Waals surface area (Å²) in [7, 11) is 0. The second kappa shape index (κ2) is 9.17. The Bertz CT molecular complexity index is 694. The van der Waals surface area contributed by atoms with Crippen LogP contribution in [-0.2, 0) is 16.1 Å². The van der Waals surface area contributed by atoms with Crippen molar-refractivity contribution in [3.8, 4) is 0 Å². The Morgan fingerprint density at radius 2 is 1.81 bits per heavy atom. The minimum Gasteiger partial charge on any atom is -0.353 e. The fourth-order valence-electron chi connectivity index (χ4n) is 3.38. The number of carbonyl (C=O) groups excluding carboxylic acids is 2. The molecule has 1 aromatic heterocycles. The Hall–Kier alpha value is -2.63. The largest absolute Gasteiger partial charge is 0.353 e. The molecule has 26 heavy (non-hydrogen) atoms. The van der Waals surface area contributed by atoms with Gasteiger partial charge in [0.2, 0.25) is 11.8 Å². The first kappa shape index (κ1) is 18.2. The summed E-state index contributed by atoms with van der Waals surface area (Å²) >= 11 is 0. The van der Waals surface area contributed by atoms with Gasteiger partial charge in [0.15, 0.2) is 0 Å². The summed E-state index contributed by atoms with van der Waals surface area (Å²) in [5.74, 6) is -0.150. The number of aromatic nitrogens is 2. The van der Waals surface area contributed by atoms with Gasteiger partial charge in [-0.1, -0.05) is 43.2 Å². The molecule has 2 aromatic rings. The molecule has 1 atom stereocenters. The van der Waals surface area contributed by atoms with Crippen molar-refractivity contribution < 1.29 is 9.59 Å². The van der Waals surface area contributed by atoms with Crippen molar-refractivity contribution in [2.24, 2.45) is 0 Å². The molecule has 3 rings (SSSR count). The predicted molar refractivity (Wildman–Crippen MR) is 99.2 cm³/mol. The molecule has 0 radical (unpaired) electrons. The van der Waals surface area contributed by atoms with Crippen LogP contribution in [0.15, 0.2) is 48.8 Å². The molecule has 0 saturated heterocycles. The Kier molecular flexibility index (Phi) is 6.41. The summed E-state index contributed by atoms with van der Waals surface area (Å²) in [6.07, 6.45) is 8.48. The number of benzene rings is 1. The van der Waals surface area contributed by atoms with Crippen molar-refractivity contribution in [3.05, 3.63) is 54.4 Å². The first-order valence-electron chi connectivity index (χ1n) is 9.32. The molecular formula is C20H26N4O2. The Balaban J connectivity index is 1.52. The van der Waals surface area contributed by atoms with Gasteiger partial charge in [0.05, 0.1) is 12.6 Å². The van der Waals surface area contributed by atoms with Gasteiger partial charge in [-0.05, 0) is 24.5 Å². The highest BCUT2D eigenvalue weighted by atomic mass is 16.2. The minimum atomic E-state index is -0.179. The average Bonchev–Trinajstić information content (AvgIpc) is 3.34. The molecule has 6 nitrogen and oxygen atoms in total. The molecule has 1 fully saturated rings. The Labute approximate surface area is 154 Å². The molecule has 1 saturated carbocycles. The van der Waals surface area contributed by atoms with Gasteiger partial charge in [0.25, 0.3) is 0 Å². The number of hydrogen-bond donors (Lipinski definition) is 2. The monoisotopic (exact) mass is 354 g/mol. The summed E-state index contributed by atoms with van der Waals surface area (Å²) in [6, 6.07) is 11.8. The van der Waals surface area contributed by atoms with Crippen molar-refractivity contribution in [2.75, 3.05) is 0 Å². The molecular weight excluding hydrogens is 328 g/mol. The predicted octanol–water partition coefficient (Wildman–Crippen LogP) is 2.58. The van der Waals surface area contributed by atoms with Crippen LogP contribution in [0.25, 0.3) is 0 Å². The summed E-state index contributed by atoms with van der Waals surface area (Å²) in [6.45, 7) is 0.553. The first-order valence-corrected chi connectivity index (χ1v) is 9.32. The number of hydrogen-bond acceptors (Lipinski definition) is 3. The van der Waals surface area contributed by atoms with E-state index in [1.54, 1.807) is 10.9 Å². The summed E-state index contributed by atoms with van der Waals surface area (Å²) in [5.41, 5.74) is 1.02. The highest BCUT2D eigenvalue weighted by Gasteiger charge is 2.19. The molecule has 0 bridgehead atoms. The number of rotatable bonds is 8. The minimum absolute atomic E-state index is 0.0320. The van der Waals surface area contributed by atoms with Crippen LogP contribution >= 0.6 is 0 Å². The zero-order valence-electron chi connectivity index (χ0n) is 14.9. The maximum absolute atomic E-state index is 12.4. The third-order valence-corrected chi connectivity index (χ3v) is 4.77. The molecule has 0 spiro atoms.